The predicted molar refractivity (Wildman–Crippen MR) is 96.1 cm³/mol. The first kappa shape index (κ1) is 15.2. The van der Waals surface area contributed by atoms with Crippen LogP contribution in [0.2, 0.25) is 0 Å². The molecule has 2 aromatic heterocycles. The molecule has 0 bridgehead atoms. The third-order valence-corrected chi connectivity index (χ3v) is 4.65. The van der Waals surface area contributed by atoms with Crippen LogP contribution in [0.5, 0.6) is 11.5 Å². The van der Waals surface area contributed by atoms with Crippen LogP contribution in [-0.2, 0) is 0 Å². The van der Waals surface area contributed by atoms with Crippen LogP contribution in [0.15, 0.2) is 36.0 Å². The first-order valence-electron chi connectivity index (χ1n) is 7.90. The Kier molecular flexibility index (Phi) is 3.57. The van der Waals surface area contributed by atoms with Gasteiger partial charge in [0.2, 0.25) is 0 Å². The quantitative estimate of drug-likeness (QED) is 0.748. The zero-order valence-electron chi connectivity index (χ0n) is 13.9. The van der Waals surface area contributed by atoms with E-state index in [4.69, 9.17) is 9.47 Å². The predicted octanol–water partition coefficient (Wildman–Crippen LogP) is 4.41. The molecule has 4 rings (SSSR count). The standard InChI is InChI=1S/C18H19N3O2S/c1-18(2,3)21-16-15-11(9-24-17(15)20-10-19-16)14-8-22-12-6-4-5-7-13(12)23-14/h4-7,9-10,14H,8H2,1-3H3,(H,19,20,21)/t14-/m1/s1. The molecule has 0 amide bonds. The Morgan fingerprint density at radius 1 is 1.17 bits per heavy atom. The molecule has 5 nitrogen and oxygen atoms in total. The molecule has 3 aromatic rings. The summed E-state index contributed by atoms with van der Waals surface area (Å²) >= 11 is 1.60. The minimum atomic E-state index is -0.167. The highest BCUT2D eigenvalue weighted by atomic mass is 32.1. The zero-order chi connectivity index (χ0) is 16.7. The molecule has 0 saturated carbocycles. The van der Waals surface area contributed by atoms with Crippen molar-refractivity contribution in [3.8, 4) is 11.5 Å². The van der Waals surface area contributed by atoms with Crippen LogP contribution in [0.4, 0.5) is 5.82 Å². The second-order valence-electron chi connectivity index (χ2n) is 6.83. The van der Waals surface area contributed by atoms with Gasteiger partial charge in [-0.3, -0.25) is 0 Å². The topological polar surface area (TPSA) is 56.3 Å². The van der Waals surface area contributed by atoms with Crippen LogP contribution in [0.1, 0.15) is 32.4 Å². The Morgan fingerprint density at radius 3 is 2.75 bits per heavy atom. The van der Waals surface area contributed by atoms with E-state index in [1.165, 1.54) is 0 Å². The van der Waals surface area contributed by atoms with Crippen molar-refractivity contribution in [2.45, 2.75) is 32.4 Å². The van der Waals surface area contributed by atoms with Crippen LogP contribution < -0.4 is 14.8 Å². The van der Waals surface area contributed by atoms with Gasteiger partial charge < -0.3 is 14.8 Å². The van der Waals surface area contributed by atoms with E-state index in [2.05, 4.69) is 41.4 Å². The van der Waals surface area contributed by atoms with Crippen molar-refractivity contribution < 1.29 is 9.47 Å². The summed E-state index contributed by atoms with van der Waals surface area (Å²) in [6, 6.07) is 7.75. The number of nitrogens with one attached hydrogen (secondary N) is 1. The van der Waals surface area contributed by atoms with Gasteiger partial charge in [-0.25, -0.2) is 9.97 Å². The van der Waals surface area contributed by atoms with Crippen LogP contribution in [0, 0.1) is 0 Å². The van der Waals surface area contributed by atoms with Crippen LogP contribution in [-0.4, -0.2) is 22.1 Å². The van der Waals surface area contributed by atoms with Gasteiger partial charge in [-0.15, -0.1) is 11.3 Å². The lowest BCUT2D eigenvalue weighted by Crippen LogP contribution is -2.27. The number of anilines is 1. The second kappa shape index (κ2) is 5.63. The molecular weight excluding hydrogens is 322 g/mol. The minimum absolute atomic E-state index is 0.0863. The number of ether oxygens (including phenoxy) is 2. The number of hydrogen-bond donors (Lipinski definition) is 1. The Labute approximate surface area is 144 Å². The average molecular weight is 341 g/mol. The maximum Gasteiger partial charge on any atom is 0.162 e. The summed E-state index contributed by atoms with van der Waals surface area (Å²) in [5.41, 5.74) is 0.980. The summed E-state index contributed by atoms with van der Waals surface area (Å²) in [6.45, 7) is 6.82. The summed E-state index contributed by atoms with van der Waals surface area (Å²) in [6.07, 6.45) is 1.43. The van der Waals surface area contributed by atoms with Gasteiger partial charge in [0.1, 0.15) is 23.6 Å². The zero-order valence-corrected chi connectivity index (χ0v) is 14.7. The smallest absolute Gasteiger partial charge is 0.162 e. The van der Waals surface area contributed by atoms with Gasteiger partial charge in [-0.05, 0) is 32.9 Å². The Bertz CT molecular complexity index is 885. The molecule has 0 unspecified atom stereocenters. The number of thiophene rings is 1. The maximum absolute atomic E-state index is 6.17. The molecule has 0 saturated heterocycles. The average Bonchev–Trinajstić information content (AvgIpc) is 2.98. The molecule has 1 aliphatic rings. The van der Waals surface area contributed by atoms with Gasteiger partial charge in [0.05, 0.1) is 5.39 Å². The van der Waals surface area contributed by atoms with Crippen molar-refractivity contribution in [3.05, 3.63) is 41.5 Å². The molecule has 1 N–H and O–H groups in total. The number of fused-ring (bicyclic) bond motifs is 2. The van der Waals surface area contributed by atoms with Gasteiger partial charge in [0.15, 0.2) is 17.6 Å². The lowest BCUT2D eigenvalue weighted by Gasteiger charge is -2.27. The van der Waals surface area contributed by atoms with Crippen molar-refractivity contribution in [3.63, 3.8) is 0 Å². The fourth-order valence-corrected chi connectivity index (χ4v) is 3.71. The van der Waals surface area contributed by atoms with E-state index in [1.807, 2.05) is 24.3 Å². The first-order chi connectivity index (χ1) is 11.5. The summed E-state index contributed by atoms with van der Waals surface area (Å²) in [5, 5.41) is 6.58. The number of nitrogens with zero attached hydrogens (tertiary/aromatic N) is 2. The third-order valence-electron chi connectivity index (χ3n) is 3.75. The Morgan fingerprint density at radius 2 is 1.96 bits per heavy atom. The van der Waals surface area contributed by atoms with Crippen molar-refractivity contribution in [2.75, 3.05) is 11.9 Å². The molecule has 3 heterocycles. The van der Waals surface area contributed by atoms with E-state index in [1.54, 1.807) is 17.7 Å². The molecule has 0 spiro atoms. The van der Waals surface area contributed by atoms with E-state index in [0.29, 0.717) is 6.61 Å². The summed E-state index contributed by atoms with van der Waals surface area (Å²) in [7, 11) is 0. The van der Waals surface area contributed by atoms with Crippen LogP contribution in [0.25, 0.3) is 10.2 Å². The number of hydrogen-bond acceptors (Lipinski definition) is 6. The van der Waals surface area contributed by atoms with Crippen molar-refractivity contribution in [1.82, 2.24) is 9.97 Å². The molecule has 1 atom stereocenters. The van der Waals surface area contributed by atoms with Crippen LogP contribution >= 0.6 is 11.3 Å². The molecule has 1 aliphatic heterocycles. The first-order valence-corrected chi connectivity index (χ1v) is 8.78. The molecule has 0 radical (unpaired) electrons. The van der Waals surface area contributed by atoms with Gasteiger partial charge >= 0.3 is 0 Å². The Balaban J connectivity index is 1.75. The number of aromatic nitrogens is 2. The van der Waals surface area contributed by atoms with Crippen molar-refractivity contribution in [2.24, 2.45) is 0 Å². The molecule has 0 aliphatic carbocycles. The van der Waals surface area contributed by atoms with Gasteiger partial charge in [0.25, 0.3) is 0 Å². The van der Waals surface area contributed by atoms with Gasteiger partial charge in [-0.1, -0.05) is 12.1 Å². The van der Waals surface area contributed by atoms with E-state index < -0.39 is 0 Å². The highest BCUT2D eigenvalue weighted by molar-refractivity contribution is 7.17. The number of para-hydroxylation sites is 2. The second-order valence-corrected chi connectivity index (χ2v) is 7.69. The fourth-order valence-electron chi connectivity index (χ4n) is 2.76. The molecule has 0 fully saturated rings. The largest absolute Gasteiger partial charge is 0.485 e. The van der Waals surface area contributed by atoms with E-state index in [9.17, 15) is 0 Å². The molecule has 6 heteroatoms. The molecule has 1 aromatic carbocycles. The van der Waals surface area contributed by atoms with Gasteiger partial charge in [-0.2, -0.15) is 0 Å². The summed E-state index contributed by atoms with van der Waals surface area (Å²) < 4.78 is 12.0. The van der Waals surface area contributed by atoms with Gasteiger partial charge in [0, 0.05) is 16.5 Å². The van der Waals surface area contributed by atoms with E-state index >= 15 is 0 Å². The Hall–Kier alpha value is -2.34. The maximum atomic E-state index is 6.17. The lowest BCUT2D eigenvalue weighted by molar-refractivity contribution is 0.0925. The monoisotopic (exact) mass is 341 g/mol. The lowest BCUT2D eigenvalue weighted by atomic mass is 10.1. The highest BCUT2D eigenvalue weighted by Gasteiger charge is 2.27. The highest BCUT2D eigenvalue weighted by Crippen LogP contribution is 2.40. The molecule has 124 valence electrons. The summed E-state index contributed by atoms with van der Waals surface area (Å²) in [5.74, 6) is 2.40. The van der Waals surface area contributed by atoms with Crippen molar-refractivity contribution >= 4 is 27.4 Å². The number of rotatable bonds is 2. The number of benzene rings is 1. The van der Waals surface area contributed by atoms with E-state index in [0.717, 1.165) is 33.1 Å². The molecule has 24 heavy (non-hydrogen) atoms. The third kappa shape index (κ3) is 2.78. The minimum Gasteiger partial charge on any atom is -0.485 e. The summed E-state index contributed by atoms with van der Waals surface area (Å²) in [4.78, 5) is 9.81. The van der Waals surface area contributed by atoms with Crippen LogP contribution in [0.3, 0.4) is 0 Å². The SMILES string of the molecule is CC(C)(C)Nc1ncnc2scc([C@H]3COc4ccccc4O3)c12. The van der Waals surface area contributed by atoms with E-state index in [-0.39, 0.29) is 11.6 Å². The van der Waals surface area contributed by atoms with Crippen molar-refractivity contribution in [1.29, 1.82) is 0 Å². The fraction of sp³-hybridized carbons (Fsp3) is 0.333. The normalized spacial score (nSPS) is 17.0. The molecular formula is C18H19N3O2S.